The Bertz CT molecular complexity index is 689. The van der Waals surface area contributed by atoms with E-state index in [-0.39, 0.29) is 17.9 Å². The highest BCUT2D eigenvalue weighted by molar-refractivity contribution is 5.92. The Morgan fingerprint density at radius 3 is 2.30 bits per heavy atom. The van der Waals surface area contributed by atoms with Crippen molar-refractivity contribution in [2.75, 3.05) is 6.61 Å². The third-order valence-electron chi connectivity index (χ3n) is 3.24. The normalized spacial score (nSPS) is 10.4. The number of benzene rings is 2. The van der Waals surface area contributed by atoms with E-state index in [9.17, 15) is 9.59 Å². The first-order valence-electron chi connectivity index (χ1n) is 7.23. The Balaban J connectivity index is 1.94. The van der Waals surface area contributed by atoms with Gasteiger partial charge in [-0.05, 0) is 35.7 Å². The highest BCUT2D eigenvalue weighted by atomic mass is 16.6. The van der Waals surface area contributed by atoms with Gasteiger partial charge in [0, 0.05) is 0 Å². The third-order valence-corrected chi connectivity index (χ3v) is 3.24. The second-order valence-corrected chi connectivity index (χ2v) is 5.29. The third kappa shape index (κ3) is 4.57. The van der Waals surface area contributed by atoms with Crippen LogP contribution in [0.25, 0.3) is 0 Å². The van der Waals surface area contributed by atoms with E-state index < -0.39 is 11.9 Å². The van der Waals surface area contributed by atoms with Crippen LogP contribution in [0.5, 0.6) is 11.5 Å². The molecule has 2 aromatic rings. The molecule has 0 aromatic heterocycles. The number of ether oxygens (including phenoxy) is 2. The Labute approximate surface area is 134 Å². The maximum atomic E-state index is 11.8. The molecule has 0 amide bonds. The monoisotopic (exact) mass is 314 g/mol. The van der Waals surface area contributed by atoms with Crippen molar-refractivity contribution in [3.05, 3.63) is 59.7 Å². The number of carboxylic acid groups (broad SMARTS) is 1. The van der Waals surface area contributed by atoms with Gasteiger partial charge in [0.15, 0.2) is 6.61 Å². The Kier molecular flexibility index (Phi) is 5.36. The number of aromatic carboxylic acids is 1. The summed E-state index contributed by atoms with van der Waals surface area (Å²) in [5.41, 5.74) is 1.11. The molecule has 0 atom stereocenters. The van der Waals surface area contributed by atoms with Crippen molar-refractivity contribution >= 4 is 11.9 Å². The minimum Gasteiger partial charge on any atom is -0.482 e. The number of hydrogen-bond acceptors (Lipinski definition) is 4. The molecule has 1 N–H and O–H groups in total. The van der Waals surface area contributed by atoms with Gasteiger partial charge in [0.2, 0.25) is 0 Å². The second kappa shape index (κ2) is 7.45. The van der Waals surface area contributed by atoms with Gasteiger partial charge in [-0.3, -0.25) is 0 Å². The molecule has 0 aliphatic carbocycles. The van der Waals surface area contributed by atoms with Crippen LogP contribution in [-0.2, 0) is 4.79 Å². The predicted octanol–water partition coefficient (Wildman–Crippen LogP) is 3.49. The lowest BCUT2D eigenvalue weighted by Gasteiger charge is -2.10. The van der Waals surface area contributed by atoms with Gasteiger partial charge >= 0.3 is 11.9 Å². The molecule has 0 bridgehead atoms. The topological polar surface area (TPSA) is 72.8 Å². The van der Waals surface area contributed by atoms with Crippen molar-refractivity contribution in [3.63, 3.8) is 0 Å². The average Bonchev–Trinajstić information content (AvgIpc) is 2.53. The first-order chi connectivity index (χ1) is 11.0. The summed E-state index contributed by atoms with van der Waals surface area (Å²) >= 11 is 0. The number of para-hydroxylation sites is 1. The SMILES string of the molecule is CC(C)c1ccc(OCC(=O)Oc2ccccc2C(=O)O)cc1. The van der Waals surface area contributed by atoms with E-state index in [1.165, 1.54) is 17.7 Å². The molecule has 2 aromatic carbocycles. The number of rotatable bonds is 6. The van der Waals surface area contributed by atoms with Crippen molar-refractivity contribution in [3.8, 4) is 11.5 Å². The molecule has 5 nitrogen and oxygen atoms in total. The summed E-state index contributed by atoms with van der Waals surface area (Å²) in [4.78, 5) is 22.8. The molecule has 0 spiro atoms. The number of carbonyl (C=O) groups is 2. The highest BCUT2D eigenvalue weighted by Gasteiger charge is 2.14. The van der Waals surface area contributed by atoms with Crippen molar-refractivity contribution in [1.29, 1.82) is 0 Å². The first kappa shape index (κ1) is 16.5. The van der Waals surface area contributed by atoms with Gasteiger partial charge in [0.25, 0.3) is 0 Å². The summed E-state index contributed by atoms with van der Waals surface area (Å²) in [5.74, 6) is -0.839. The zero-order valence-corrected chi connectivity index (χ0v) is 13.0. The van der Waals surface area contributed by atoms with E-state index in [1.54, 1.807) is 24.3 Å². The van der Waals surface area contributed by atoms with E-state index in [0.717, 1.165) is 0 Å². The van der Waals surface area contributed by atoms with E-state index >= 15 is 0 Å². The average molecular weight is 314 g/mol. The number of esters is 1. The Morgan fingerprint density at radius 1 is 1.04 bits per heavy atom. The molecule has 0 saturated heterocycles. The zero-order valence-electron chi connectivity index (χ0n) is 13.0. The summed E-state index contributed by atoms with van der Waals surface area (Å²) in [6.07, 6.45) is 0. The van der Waals surface area contributed by atoms with Crippen molar-refractivity contribution < 1.29 is 24.2 Å². The highest BCUT2D eigenvalue weighted by Crippen LogP contribution is 2.20. The molecule has 0 fully saturated rings. The lowest BCUT2D eigenvalue weighted by Crippen LogP contribution is -2.19. The van der Waals surface area contributed by atoms with Crippen molar-refractivity contribution in [2.45, 2.75) is 19.8 Å². The summed E-state index contributed by atoms with van der Waals surface area (Å²) in [7, 11) is 0. The van der Waals surface area contributed by atoms with E-state index in [2.05, 4.69) is 13.8 Å². The van der Waals surface area contributed by atoms with Crippen LogP contribution in [0.2, 0.25) is 0 Å². The van der Waals surface area contributed by atoms with Crippen LogP contribution >= 0.6 is 0 Å². The maximum absolute atomic E-state index is 11.8. The first-order valence-corrected chi connectivity index (χ1v) is 7.23. The van der Waals surface area contributed by atoms with Crippen LogP contribution < -0.4 is 9.47 Å². The summed E-state index contributed by atoms with van der Waals surface area (Å²) in [5, 5.41) is 9.03. The van der Waals surface area contributed by atoms with E-state index in [4.69, 9.17) is 14.6 Å². The van der Waals surface area contributed by atoms with Gasteiger partial charge in [-0.25, -0.2) is 9.59 Å². The van der Waals surface area contributed by atoms with E-state index in [0.29, 0.717) is 11.7 Å². The molecule has 23 heavy (non-hydrogen) atoms. The molecule has 2 rings (SSSR count). The smallest absolute Gasteiger partial charge is 0.349 e. The van der Waals surface area contributed by atoms with Crippen LogP contribution in [0.4, 0.5) is 0 Å². The fraction of sp³-hybridized carbons (Fsp3) is 0.222. The predicted molar refractivity (Wildman–Crippen MR) is 85.1 cm³/mol. The van der Waals surface area contributed by atoms with Crippen molar-refractivity contribution in [1.82, 2.24) is 0 Å². The molecule has 0 unspecified atom stereocenters. The standard InChI is InChI=1S/C18H18O5/c1-12(2)13-7-9-14(10-8-13)22-11-17(19)23-16-6-4-3-5-15(16)18(20)21/h3-10,12H,11H2,1-2H3,(H,20,21). The summed E-state index contributed by atoms with van der Waals surface area (Å²) in [6, 6.07) is 13.4. The summed E-state index contributed by atoms with van der Waals surface area (Å²) in [6.45, 7) is 3.88. The van der Waals surface area contributed by atoms with Crippen LogP contribution in [0.3, 0.4) is 0 Å². The van der Waals surface area contributed by atoms with E-state index in [1.807, 2.05) is 12.1 Å². The fourth-order valence-electron chi connectivity index (χ4n) is 1.98. The molecule has 0 heterocycles. The van der Waals surface area contributed by atoms with Gasteiger partial charge in [0.05, 0.1) is 0 Å². The largest absolute Gasteiger partial charge is 0.482 e. The molecular weight excluding hydrogens is 296 g/mol. The molecular formula is C18H18O5. The van der Waals surface area contributed by atoms with Gasteiger partial charge in [-0.2, -0.15) is 0 Å². The molecule has 5 heteroatoms. The lowest BCUT2D eigenvalue weighted by atomic mass is 10.0. The molecule has 0 radical (unpaired) electrons. The van der Waals surface area contributed by atoms with Gasteiger partial charge in [-0.1, -0.05) is 38.1 Å². The van der Waals surface area contributed by atoms with Crippen molar-refractivity contribution in [2.24, 2.45) is 0 Å². The number of carbonyl (C=O) groups excluding carboxylic acids is 1. The number of hydrogen-bond donors (Lipinski definition) is 1. The number of carboxylic acids is 1. The van der Waals surface area contributed by atoms with Gasteiger partial charge in [-0.15, -0.1) is 0 Å². The zero-order chi connectivity index (χ0) is 16.8. The second-order valence-electron chi connectivity index (χ2n) is 5.29. The van der Waals surface area contributed by atoms with Gasteiger partial charge in [0.1, 0.15) is 17.1 Å². The molecule has 0 aliphatic heterocycles. The maximum Gasteiger partial charge on any atom is 0.349 e. The Hall–Kier alpha value is -2.82. The molecule has 0 aliphatic rings. The minimum absolute atomic E-state index is 0.00348. The van der Waals surface area contributed by atoms with Gasteiger partial charge < -0.3 is 14.6 Å². The van der Waals surface area contributed by atoms with Crippen LogP contribution in [0.15, 0.2) is 48.5 Å². The van der Waals surface area contributed by atoms with Crippen LogP contribution in [-0.4, -0.2) is 23.7 Å². The molecule has 120 valence electrons. The lowest BCUT2D eigenvalue weighted by molar-refractivity contribution is -0.136. The molecule has 0 saturated carbocycles. The van der Waals surface area contributed by atoms with Crippen LogP contribution in [0.1, 0.15) is 35.7 Å². The van der Waals surface area contributed by atoms with Crippen LogP contribution in [0, 0.1) is 0 Å². The minimum atomic E-state index is -1.15. The quantitative estimate of drug-likeness (QED) is 0.652. The fourth-order valence-corrected chi connectivity index (χ4v) is 1.98. The Morgan fingerprint density at radius 2 is 1.70 bits per heavy atom. The summed E-state index contributed by atoms with van der Waals surface area (Å²) < 4.78 is 10.4.